The van der Waals surface area contributed by atoms with Crippen LogP contribution in [0.25, 0.3) is 0 Å². The maximum atomic E-state index is 12.4. The molecule has 0 unspecified atom stereocenters. The number of alkyl halides is 3. The van der Waals surface area contributed by atoms with Gasteiger partial charge in [-0.25, -0.2) is 4.98 Å². The van der Waals surface area contributed by atoms with E-state index < -0.39 is 11.7 Å². The standard InChI is InChI=1S/C10H9F3N4O/c1-17-6-15-16-8(17)5-18-9-4-7(2-3-14-9)10(11,12)13/h2-4,6H,5H2,1H3. The fourth-order valence-electron chi connectivity index (χ4n) is 1.24. The Labute approximate surface area is 100 Å². The maximum Gasteiger partial charge on any atom is 0.416 e. The molecule has 2 aromatic heterocycles. The summed E-state index contributed by atoms with van der Waals surface area (Å²) in [6.45, 7) is 0.00477. The van der Waals surface area contributed by atoms with E-state index in [9.17, 15) is 13.2 Å². The van der Waals surface area contributed by atoms with Crippen molar-refractivity contribution in [2.75, 3.05) is 0 Å². The molecule has 2 heterocycles. The summed E-state index contributed by atoms with van der Waals surface area (Å²) in [4.78, 5) is 3.70. The Kier molecular flexibility index (Phi) is 3.17. The molecule has 0 aliphatic carbocycles. The Morgan fingerprint density at radius 1 is 1.39 bits per heavy atom. The number of hydrogen-bond acceptors (Lipinski definition) is 4. The number of hydrogen-bond donors (Lipinski definition) is 0. The minimum absolute atomic E-state index is 0.00477. The van der Waals surface area contributed by atoms with Crippen LogP contribution in [0, 0.1) is 0 Å². The van der Waals surface area contributed by atoms with Crippen molar-refractivity contribution in [3.05, 3.63) is 36.0 Å². The third-order valence-corrected chi connectivity index (χ3v) is 2.22. The highest BCUT2D eigenvalue weighted by Gasteiger charge is 2.30. The summed E-state index contributed by atoms with van der Waals surface area (Å²) in [5, 5.41) is 7.36. The highest BCUT2D eigenvalue weighted by atomic mass is 19.4. The van der Waals surface area contributed by atoms with Crippen LogP contribution in [0.4, 0.5) is 13.2 Å². The summed E-state index contributed by atoms with van der Waals surface area (Å²) >= 11 is 0. The molecule has 5 nitrogen and oxygen atoms in total. The van der Waals surface area contributed by atoms with Gasteiger partial charge in [0.05, 0.1) is 5.56 Å². The molecule has 0 amide bonds. The largest absolute Gasteiger partial charge is 0.469 e. The summed E-state index contributed by atoms with van der Waals surface area (Å²) in [6.07, 6.45) is -1.89. The van der Waals surface area contributed by atoms with Crippen LogP contribution in [-0.2, 0) is 19.8 Å². The molecule has 0 bridgehead atoms. The second kappa shape index (κ2) is 4.63. The smallest absolute Gasteiger partial charge is 0.416 e. The molecule has 96 valence electrons. The first-order chi connectivity index (χ1) is 8.47. The zero-order valence-electron chi connectivity index (χ0n) is 9.35. The van der Waals surface area contributed by atoms with Crippen LogP contribution in [-0.4, -0.2) is 19.7 Å². The van der Waals surface area contributed by atoms with Crippen LogP contribution in [0.2, 0.25) is 0 Å². The van der Waals surface area contributed by atoms with Gasteiger partial charge in [-0.15, -0.1) is 10.2 Å². The van der Waals surface area contributed by atoms with Gasteiger partial charge in [0.2, 0.25) is 5.88 Å². The van der Waals surface area contributed by atoms with Gasteiger partial charge in [-0.3, -0.25) is 0 Å². The first-order valence-electron chi connectivity index (χ1n) is 4.96. The van der Waals surface area contributed by atoms with Gasteiger partial charge >= 0.3 is 6.18 Å². The van der Waals surface area contributed by atoms with Crippen molar-refractivity contribution in [2.45, 2.75) is 12.8 Å². The van der Waals surface area contributed by atoms with E-state index in [-0.39, 0.29) is 12.5 Å². The van der Waals surface area contributed by atoms with Gasteiger partial charge in [-0.05, 0) is 6.07 Å². The van der Waals surface area contributed by atoms with Crippen molar-refractivity contribution in [3.63, 3.8) is 0 Å². The Morgan fingerprint density at radius 2 is 2.17 bits per heavy atom. The summed E-state index contributed by atoms with van der Waals surface area (Å²) in [7, 11) is 1.71. The minimum Gasteiger partial charge on any atom is -0.469 e. The molecule has 0 saturated carbocycles. The topological polar surface area (TPSA) is 52.8 Å². The van der Waals surface area contributed by atoms with E-state index in [4.69, 9.17) is 4.74 Å². The van der Waals surface area contributed by atoms with Crippen molar-refractivity contribution >= 4 is 0 Å². The van der Waals surface area contributed by atoms with Crippen molar-refractivity contribution < 1.29 is 17.9 Å². The molecule has 18 heavy (non-hydrogen) atoms. The molecular weight excluding hydrogens is 249 g/mol. The van der Waals surface area contributed by atoms with E-state index in [1.165, 1.54) is 6.33 Å². The quantitative estimate of drug-likeness (QED) is 0.842. The fourth-order valence-corrected chi connectivity index (χ4v) is 1.24. The van der Waals surface area contributed by atoms with E-state index >= 15 is 0 Å². The SMILES string of the molecule is Cn1cnnc1COc1cc(C(F)(F)F)ccn1. The number of ether oxygens (including phenoxy) is 1. The molecule has 8 heteroatoms. The molecule has 2 rings (SSSR count). The van der Waals surface area contributed by atoms with Crippen LogP contribution in [0.3, 0.4) is 0 Å². The average molecular weight is 258 g/mol. The second-order valence-corrected chi connectivity index (χ2v) is 3.53. The minimum atomic E-state index is -4.41. The van der Waals surface area contributed by atoms with E-state index in [1.807, 2.05) is 0 Å². The number of halogens is 3. The van der Waals surface area contributed by atoms with Crippen LogP contribution in [0.1, 0.15) is 11.4 Å². The van der Waals surface area contributed by atoms with Crippen molar-refractivity contribution in [1.82, 2.24) is 19.7 Å². The Hall–Kier alpha value is -2.12. The number of aryl methyl sites for hydroxylation is 1. The zero-order chi connectivity index (χ0) is 13.2. The summed E-state index contributed by atoms with van der Waals surface area (Å²) in [6, 6.07) is 1.73. The van der Waals surface area contributed by atoms with Crippen LogP contribution in [0.15, 0.2) is 24.7 Å². The van der Waals surface area contributed by atoms with Gasteiger partial charge in [0.15, 0.2) is 5.82 Å². The molecule has 0 aliphatic rings. The predicted octanol–water partition coefficient (Wildman–Crippen LogP) is 1.81. The van der Waals surface area contributed by atoms with Gasteiger partial charge in [0.25, 0.3) is 0 Å². The zero-order valence-corrected chi connectivity index (χ0v) is 9.35. The third-order valence-electron chi connectivity index (χ3n) is 2.22. The molecule has 0 saturated heterocycles. The van der Waals surface area contributed by atoms with Crippen molar-refractivity contribution in [1.29, 1.82) is 0 Å². The Bertz CT molecular complexity index is 538. The predicted molar refractivity (Wildman–Crippen MR) is 54.6 cm³/mol. The monoisotopic (exact) mass is 258 g/mol. The highest BCUT2D eigenvalue weighted by molar-refractivity contribution is 5.22. The van der Waals surface area contributed by atoms with E-state index in [0.717, 1.165) is 18.3 Å². The van der Waals surface area contributed by atoms with Crippen molar-refractivity contribution in [3.8, 4) is 5.88 Å². The summed E-state index contributed by atoms with van der Waals surface area (Å²) < 4.78 is 44.0. The van der Waals surface area contributed by atoms with Crippen LogP contribution >= 0.6 is 0 Å². The lowest BCUT2D eigenvalue weighted by Gasteiger charge is -2.08. The van der Waals surface area contributed by atoms with E-state index in [0.29, 0.717) is 5.82 Å². The number of pyridine rings is 1. The van der Waals surface area contributed by atoms with Gasteiger partial charge in [-0.2, -0.15) is 13.2 Å². The normalized spacial score (nSPS) is 11.6. The number of nitrogens with zero attached hydrogens (tertiary/aromatic N) is 4. The van der Waals surface area contributed by atoms with Gasteiger partial charge < -0.3 is 9.30 Å². The molecular formula is C10H9F3N4O. The molecule has 0 fully saturated rings. The molecule has 0 N–H and O–H groups in total. The number of rotatable bonds is 3. The van der Waals surface area contributed by atoms with Gasteiger partial charge in [0, 0.05) is 19.3 Å². The molecule has 0 aromatic carbocycles. The Balaban J connectivity index is 2.09. The second-order valence-electron chi connectivity index (χ2n) is 3.53. The van der Waals surface area contributed by atoms with Crippen molar-refractivity contribution in [2.24, 2.45) is 7.05 Å². The number of aromatic nitrogens is 4. The molecule has 0 atom stereocenters. The maximum absolute atomic E-state index is 12.4. The summed E-state index contributed by atoms with van der Waals surface area (Å²) in [5.74, 6) is 0.391. The van der Waals surface area contributed by atoms with E-state index in [2.05, 4.69) is 15.2 Å². The summed E-state index contributed by atoms with van der Waals surface area (Å²) in [5.41, 5.74) is -0.800. The molecule has 2 aromatic rings. The van der Waals surface area contributed by atoms with Crippen LogP contribution < -0.4 is 4.74 Å². The molecule has 0 spiro atoms. The lowest BCUT2D eigenvalue weighted by atomic mass is 10.2. The van der Waals surface area contributed by atoms with Crippen LogP contribution in [0.5, 0.6) is 5.88 Å². The lowest BCUT2D eigenvalue weighted by Crippen LogP contribution is -2.07. The molecule has 0 radical (unpaired) electrons. The van der Waals surface area contributed by atoms with Gasteiger partial charge in [0.1, 0.15) is 12.9 Å². The Morgan fingerprint density at radius 3 is 2.78 bits per heavy atom. The lowest BCUT2D eigenvalue weighted by molar-refractivity contribution is -0.137. The first-order valence-corrected chi connectivity index (χ1v) is 4.96. The highest BCUT2D eigenvalue weighted by Crippen LogP contribution is 2.30. The first kappa shape index (κ1) is 12.3. The average Bonchev–Trinajstić information content (AvgIpc) is 2.72. The fraction of sp³-hybridized carbons (Fsp3) is 0.300. The molecule has 0 aliphatic heterocycles. The van der Waals surface area contributed by atoms with E-state index in [1.54, 1.807) is 11.6 Å². The van der Waals surface area contributed by atoms with Gasteiger partial charge in [-0.1, -0.05) is 0 Å². The third kappa shape index (κ3) is 2.76.